The zero-order valence-corrected chi connectivity index (χ0v) is 19.0. The molecule has 1 fully saturated rings. The highest BCUT2D eigenvalue weighted by molar-refractivity contribution is 7.89. The van der Waals surface area contributed by atoms with E-state index in [1.165, 1.54) is 24.8 Å². The van der Waals surface area contributed by atoms with Gasteiger partial charge in [0.1, 0.15) is 10.6 Å². The number of hydrogen-bond donors (Lipinski definition) is 1. The molecule has 1 amide bonds. The van der Waals surface area contributed by atoms with Crippen LogP contribution in [-0.2, 0) is 22.0 Å². The highest BCUT2D eigenvalue weighted by atomic mass is 32.2. The molecule has 0 saturated heterocycles. The standard InChI is InChI=1S/C23H30N2O4S/c1-23(2,3)18-9-6-16(7-10-18)15-25(4)22(26)17-8-13-20(29-5)21(14-17)30(27,28)24-19-11-12-19/h6-10,13-14,19,24H,11-12,15H2,1-5H3. The fraction of sp³-hybridized carbons (Fsp3) is 0.435. The molecule has 6 nitrogen and oxygen atoms in total. The Bertz CT molecular complexity index is 1020. The van der Waals surface area contributed by atoms with Crippen LogP contribution in [0.1, 0.15) is 55.1 Å². The van der Waals surface area contributed by atoms with Gasteiger partial charge >= 0.3 is 0 Å². The number of rotatable bonds is 7. The van der Waals surface area contributed by atoms with E-state index in [0.717, 1.165) is 18.4 Å². The van der Waals surface area contributed by atoms with Gasteiger partial charge in [0.05, 0.1) is 7.11 Å². The second kappa shape index (κ2) is 8.40. The third-order valence-corrected chi connectivity index (χ3v) is 6.73. The maximum Gasteiger partial charge on any atom is 0.253 e. The quantitative estimate of drug-likeness (QED) is 0.727. The van der Waals surface area contributed by atoms with Gasteiger partial charge < -0.3 is 9.64 Å². The van der Waals surface area contributed by atoms with Crippen LogP contribution in [0.2, 0.25) is 0 Å². The Morgan fingerprint density at radius 2 is 1.77 bits per heavy atom. The van der Waals surface area contributed by atoms with Gasteiger partial charge in [-0.15, -0.1) is 0 Å². The fourth-order valence-corrected chi connectivity index (χ4v) is 4.68. The van der Waals surface area contributed by atoms with Gasteiger partial charge in [-0.1, -0.05) is 45.0 Å². The third kappa shape index (κ3) is 5.21. The van der Waals surface area contributed by atoms with Crippen molar-refractivity contribution in [1.29, 1.82) is 0 Å². The van der Waals surface area contributed by atoms with Crippen molar-refractivity contribution in [2.24, 2.45) is 0 Å². The minimum absolute atomic E-state index is 0.00863. The van der Waals surface area contributed by atoms with Gasteiger partial charge in [-0.25, -0.2) is 13.1 Å². The number of amides is 1. The Balaban J connectivity index is 1.79. The van der Waals surface area contributed by atoms with Crippen molar-refractivity contribution in [1.82, 2.24) is 9.62 Å². The molecule has 0 unspecified atom stereocenters. The molecule has 1 aliphatic carbocycles. The lowest BCUT2D eigenvalue weighted by atomic mass is 9.87. The number of sulfonamides is 1. The van der Waals surface area contributed by atoms with Crippen LogP contribution in [0.15, 0.2) is 47.4 Å². The molecule has 1 N–H and O–H groups in total. The highest BCUT2D eigenvalue weighted by Gasteiger charge is 2.30. The Morgan fingerprint density at radius 1 is 1.13 bits per heavy atom. The minimum Gasteiger partial charge on any atom is -0.495 e. The zero-order valence-electron chi connectivity index (χ0n) is 18.2. The monoisotopic (exact) mass is 430 g/mol. The van der Waals surface area contributed by atoms with Crippen molar-refractivity contribution in [3.63, 3.8) is 0 Å². The molecule has 0 atom stereocenters. The Labute approximate surface area is 179 Å². The SMILES string of the molecule is COc1ccc(C(=O)N(C)Cc2ccc(C(C)(C)C)cc2)cc1S(=O)(=O)NC1CC1. The van der Waals surface area contributed by atoms with Gasteiger partial charge in [-0.3, -0.25) is 4.79 Å². The lowest BCUT2D eigenvalue weighted by Gasteiger charge is -2.21. The Morgan fingerprint density at radius 3 is 2.30 bits per heavy atom. The van der Waals surface area contributed by atoms with E-state index in [0.29, 0.717) is 12.1 Å². The summed E-state index contributed by atoms with van der Waals surface area (Å²) in [6.45, 7) is 6.90. The number of carbonyl (C=O) groups is 1. The van der Waals surface area contributed by atoms with Crippen molar-refractivity contribution in [2.45, 2.75) is 56.5 Å². The molecule has 0 bridgehead atoms. The van der Waals surface area contributed by atoms with E-state index in [1.807, 2.05) is 12.1 Å². The van der Waals surface area contributed by atoms with Crippen molar-refractivity contribution in [3.8, 4) is 5.75 Å². The normalized spacial score (nSPS) is 14.4. The smallest absolute Gasteiger partial charge is 0.253 e. The van der Waals surface area contributed by atoms with E-state index in [4.69, 9.17) is 4.74 Å². The molecular formula is C23H30N2O4S. The predicted molar refractivity (Wildman–Crippen MR) is 117 cm³/mol. The summed E-state index contributed by atoms with van der Waals surface area (Å²) in [6.07, 6.45) is 1.66. The number of nitrogens with zero attached hydrogens (tertiary/aromatic N) is 1. The van der Waals surface area contributed by atoms with E-state index in [-0.39, 0.29) is 28.0 Å². The summed E-state index contributed by atoms with van der Waals surface area (Å²) in [5.74, 6) is -0.0273. The number of ether oxygens (including phenoxy) is 1. The van der Waals surface area contributed by atoms with E-state index < -0.39 is 10.0 Å². The molecule has 2 aromatic rings. The van der Waals surface area contributed by atoms with Crippen molar-refractivity contribution >= 4 is 15.9 Å². The largest absolute Gasteiger partial charge is 0.495 e. The molecule has 1 aliphatic rings. The summed E-state index contributed by atoms with van der Waals surface area (Å²) in [7, 11) is -0.619. The first-order chi connectivity index (χ1) is 14.0. The van der Waals surface area contributed by atoms with Crippen LogP contribution in [0.25, 0.3) is 0 Å². The van der Waals surface area contributed by atoms with Crippen LogP contribution in [0.5, 0.6) is 5.75 Å². The second-order valence-electron chi connectivity index (χ2n) is 8.87. The molecule has 1 saturated carbocycles. The van der Waals surface area contributed by atoms with Gasteiger partial charge in [-0.2, -0.15) is 0 Å². The summed E-state index contributed by atoms with van der Waals surface area (Å²) in [6, 6.07) is 12.7. The van der Waals surface area contributed by atoms with Crippen LogP contribution >= 0.6 is 0 Å². The molecule has 2 aromatic carbocycles. The number of hydrogen-bond acceptors (Lipinski definition) is 4. The molecule has 0 radical (unpaired) electrons. The minimum atomic E-state index is -3.74. The molecule has 162 valence electrons. The summed E-state index contributed by atoms with van der Waals surface area (Å²) < 4.78 is 33.2. The topological polar surface area (TPSA) is 75.7 Å². The van der Waals surface area contributed by atoms with Crippen LogP contribution in [-0.4, -0.2) is 39.4 Å². The first-order valence-electron chi connectivity index (χ1n) is 10.1. The molecule has 30 heavy (non-hydrogen) atoms. The zero-order chi connectivity index (χ0) is 22.1. The van der Waals surface area contributed by atoms with Crippen LogP contribution in [0.3, 0.4) is 0 Å². The van der Waals surface area contributed by atoms with Gasteiger partial charge in [-0.05, 0) is 47.6 Å². The lowest BCUT2D eigenvalue weighted by molar-refractivity contribution is 0.0784. The van der Waals surface area contributed by atoms with Gasteiger partial charge in [0.25, 0.3) is 5.91 Å². The molecule has 7 heteroatoms. The summed E-state index contributed by atoms with van der Waals surface area (Å²) in [5.41, 5.74) is 2.62. The van der Waals surface area contributed by atoms with Crippen LogP contribution in [0.4, 0.5) is 0 Å². The number of methoxy groups -OCH3 is 1. The molecular weight excluding hydrogens is 400 g/mol. The van der Waals surface area contributed by atoms with Crippen LogP contribution in [0, 0.1) is 0 Å². The number of nitrogens with one attached hydrogen (secondary N) is 1. The average molecular weight is 431 g/mol. The highest BCUT2D eigenvalue weighted by Crippen LogP contribution is 2.29. The molecule has 3 rings (SSSR count). The second-order valence-corrected chi connectivity index (χ2v) is 10.6. The summed E-state index contributed by atoms with van der Waals surface area (Å²) in [5, 5.41) is 0. The van der Waals surface area contributed by atoms with E-state index >= 15 is 0 Å². The van der Waals surface area contributed by atoms with E-state index in [9.17, 15) is 13.2 Å². The Hall–Kier alpha value is -2.38. The summed E-state index contributed by atoms with van der Waals surface area (Å²) in [4.78, 5) is 14.5. The first kappa shape index (κ1) is 22.3. The molecule has 0 aromatic heterocycles. The summed E-state index contributed by atoms with van der Waals surface area (Å²) >= 11 is 0. The van der Waals surface area contributed by atoms with Gasteiger partial charge in [0.2, 0.25) is 10.0 Å². The van der Waals surface area contributed by atoms with E-state index in [1.54, 1.807) is 18.0 Å². The Kier molecular flexibility index (Phi) is 6.24. The fourth-order valence-electron chi connectivity index (χ4n) is 3.18. The van der Waals surface area contributed by atoms with Crippen molar-refractivity contribution in [2.75, 3.05) is 14.2 Å². The predicted octanol–water partition coefficient (Wildman–Crippen LogP) is 3.71. The maximum absolute atomic E-state index is 13.0. The van der Waals surface area contributed by atoms with Crippen molar-refractivity contribution < 1.29 is 17.9 Å². The van der Waals surface area contributed by atoms with Gasteiger partial charge in [0, 0.05) is 25.2 Å². The molecule has 0 aliphatic heterocycles. The number of benzene rings is 2. The van der Waals surface area contributed by atoms with E-state index in [2.05, 4.69) is 37.6 Å². The van der Waals surface area contributed by atoms with Crippen molar-refractivity contribution in [3.05, 3.63) is 59.2 Å². The third-order valence-electron chi connectivity index (χ3n) is 5.19. The van der Waals surface area contributed by atoms with Gasteiger partial charge in [0.15, 0.2) is 0 Å². The molecule has 0 heterocycles. The maximum atomic E-state index is 13.0. The molecule has 0 spiro atoms. The van der Waals surface area contributed by atoms with Crippen LogP contribution < -0.4 is 9.46 Å². The first-order valence-corrected chi connectivity index (χ1v) is 11.5. The average Bonchev–Trinajstić information content (AvgIpc) is 3.49. The number of carbonyl (C=O) groups excluding carboxylic acids is 1. The lowest BCUT2D eigenvalue weighted by Crippen LogP contribution is -2.28.